The van der Waals surface area contributed by atoms with Crippen molar-refractivity contribution in [2.24, 2.45) is 0 Å². The van der Waals surface area contributed by atoms with Crippen molar-refractivity contribution < 1.29 is 14.3 Å². The summed E-state index contributed by atoms with van der Waals surface area (Å²) in [6.07, 6.45) is 3.93. The van der Waals surface area contributed by atoms with Gasteiger partial charge in [0, 0.05) is 24.9 Å². The number of hydrogen-bond acceptors (Lipinski definition) is 4. The fourth-order valence-electron chi connectivity index (χ4n) is 2.52. The van der Waals surface area contributed by atoms with E-state index >= 15 is 0 Å². The van der Waals surface area contributed by atoms with Crippen LogP contribution in [0.3, 0.4) is 0 Å². The van der Waals surface area contributed by atoms with E-state index in [-0.39, 0.29) is 6.04 Å². The highest BCUT2D eigenvalue weighted by molar-refractivity contribution is 5.67. The zero-order valence-corrected chi connectivity index (χ0v) is 15.6. The quantitative estimate of drug-likeness (QED) is 0.869. The van der Waals surface area contributed by atoms with Crippen LogP contribution in [0, 0.1) is 0 Å². The van der Waals surface area contributed by atoms with E-state index in [0.29, 0.717) is 13.0 Å². The van der Waals surface area contributed by atoms with Crippen molar-refractivity contribution >= 4 is 6.09 Å². The van der Waals surface area contributed by atoms with Crippen LogP contribution in [0.4, 0.5) is 4.79 Å². The van der Waals surface area contributed by atoms with E-state index in [4.69, 9.17) is 9.47 Å². The van der Waals surface area contributed by atoms with Crippen LogP contribution >= 0.6 is 0 Å². The molecule has 1 aromatic heterocycles. The van der Waals surface area contributed by atoms with Crippen molar-refractivity contribution in [2.75, 3.05) is 13.7 Å². The molecule has 2 aromatic rings. The molecule has 0 aliphatic heterocycles. The highest BCUT2D eigenvalue weighted by Gasteiger charge is 2.16. The fraction of sp³-hybridized carbons (Fsp3) is 0.474. The molecule has 0 saturated heterocycles. The molecule has 136 valence electrons. The highest BCUT2D eigenvalue weighted by Crippen LogP contribution is 2.22. The molecule has 0 aliphatic rings. The van der Waals surface area contributed by atoms with Crippen molar-refractivity contribution in [3.63, 3.8) is 0 Å². The third-order valence-electron chi connectivity index (χ3n) is 3.81. The summed E-state index contributed by atoms with van der Waals surface area (Å²) in [5.74, 6) is 0.836. The van der Waals surface area contributed by atoms with Gasteiger partial charge in [-0.2, -0.15) is 0 Å². The number of carbonyl (C=O) groups excluding carboxylic acids is 1. The van der Waals surface area contributed by atoms with Crippen molar-refractivity contribution in [1.29, 1.82) is 0 Å². The van der Waals surface area contributed by atoms with Gasteiger partial charge in [0.1, 0.15) is 11.4 Å². The van der Waals surface area contributed by atoms with Crippen LogP contribution in [-0.4, -0.2) is 34.9 Å². The summed E-state index contributed by atoms with van der Waals surface area (Å²) in [6.45, 7) is 8.15. The maximum atomic E-state index is 11.7. The van der Waals surface area contributed by atoms with Gasteiger partial charge in [-0.3, -0.25) is 0 Å². The minimum atomic E-state index is -0.491. The maximum Gasteiger partial charge on any atom is 0.407 e. The Morgan fingerprint density at radius 3 is 2.56 bits per heavy atom. The van der Waals surface area contributed by atoms with E-state index < -0.39 is 11.7 Å². The molecule has 1 atom stereocenters. The summed E-state index contributed by atoms with van der Waals surface area (Å²) in [7, 11) is 1.66. The van der Waals surface area contributed by atoms with Gasteiger partial charge in [0.2, 0.25) is 0 Å². The van der Waals surface area contributed by atoms with Crippen molar-refractivity contribution in [1.82, 2.24) is 14.9 Å². The number of rotatable bonds is 6. The first kappa shape index (κ1) is 18.8. The molecule has 25 heavy (non-hydrogen) atoms. The van der Waals surface area contributed by atoms with E-state index in [1.165, 1.54) is 5.56 Å². The molecule has 1 heterocycles. The lowest BCUT2D eigenvalue weighted by Crippen LogP contribution is -2.33. The summed E-state index contributed by atoms with van der Waals surface area (Å²) in [6, 6.07) is 8.14. The van der Waals surface area contributed by atoms with Crippen molar-refractivity contribution in [3.05, 3.63) is 48.0 Å². The zero-order valence-electron chi connectivity index (χ0n) is 15.6. The number of benzene rings is 1. The monoisotopic (exact) mass is 345 g/mol. The van der Waals surface area contributed by atoms with Gasteiger partial charge < -0.3 is 19.4 Å². The van der Waals surface area contributed by atoms with Crippen molar-refractivity contribution in [2.45, 2.75) is 45.8 Å². The average Bonchev–Trinajstić information content (AvgIpc) is 3.01. The first-order chi connectivity index (χ1) is 11.8. The van der Waals surface area contributed by atoms with Gasteiger partial charge in [0.05, 0.1) is 19.5 Å². The lowest BCUT2D eigenvalue weighted by Gasteiger charge is -2.20. The number of nitrogens with zero attached hydrogens (tertiary/aromatic N) is 2. The van der Waals surface area contributed by atoms with Gasteiger partial charge in [-0.1, -0.05) is 12.1 Å². The maximum absolute atomic E-state index is 11.7. The molecule has 2 rings (SSSR count). The predicted molar refractivity (Wildman–Crippen MR) is 97.0 cm³/mol. The van der Waals surface area contributed by atoms with E-state index in [1.807, 2.05) is 57.6 Å². The standard InChI is InChI=1S/C19H27N3O3/c1-14(15-6-8-17(24-5)9-7-15)22-13-20-12-16(22)10-11-21-18(23)25-19(2,3)4/h6-9,12-14H,10-11H2,1-5H3,(H,21,23). The number of nitrogens with one attached hydrogen (secondary N) is 1. The van der Waals surface area contributed by atoms with Crippen LogP contribution in [-0.2, 0) is 11.2 Å². The van der Waals surface area contributed by atoms with E-state index in [2.05, 4.69) is 21.8 Å². The average molecular weight is 345 g/mol. The highest BCUT2D eigenvalue weighted by atomic mass is 16.6. The van der Waals surface area contributed by atoms with Gasteiger partial charge in [0.25, 0.3) is 0 Å². The van der Waals surface area contributed by atoms with Crippen LogP contribution in [0.2, 0.25) is 0 Å². The molecule has 0 fully saturated rings. The van der Waals surface area contributed by atoms with Gasteiger partial charge in [-0.25, -0.2) is 9.78 Å². The summed E-state index contributed by atoms with van der Waals surface area (Å²) >= 11 is 0. The number of carbonyl (C=O) groups is 1. The summed E-state index contributed by atoms with van der Waals surface area (Å²) in [5, 5.41) is 2.78. The lowest BCUT2D eigenvalue weighted by atomic mass is 10.1. The van der Waals surface area contributed by atoms with Crippen molar-refractivity contribution in [3.8, 4) is 5.75 Å². The minimum Gasteiger partial charge on any atom is -0.497 e. The Balaban J connectivity index is 1.96. The number of aromatic nitrogens is 2. The zero-order chi connectivity index (χ0) is 18.4. The molecule has 0 bridgehead atoms. The Kier molecular flexibility index (Phi) is 6.07. The second-order valence-corrected chi connectivity index (χ2v) is 6.92. The SMILES string of the molecule is COc1ccc(C(C)n2cncc2CCNC(=O)OC(C)(C)C)cc1. The first-order valence-corrected chi connectivity index (χ1v) is 8.41. The molecule has 0 saturated carbocycles. The van der Waals surface area contributed by atoms with Gasteiger partial charge in [0.15, 0.2) is 0 Å². The van der Waals surface area contributed by atoms with Crippen LogP contribution in [0.1, 0.15) is 45.0 Å². The fourth-order valence-corrected chi connectivity index (χ4v) is 2.52. The number of imidazole rings is 1. The third kappa shape index (κ3) is 5.52. The molecule has 0 aliphatic carbocycles. The normalized spacial score (nSPS) is 12.5. The Morgan fingerprint density at radius 2 is 1.96 bits per heavy atom. The van der Waals surface area contributed by atoms with E-state index in [0.717, 1.165) is 11.4 Å². The van der Waals surface area contributed by atoms with E-state index in [1.54, 1.807) is 7.11 Å². The number of methoxy groups -OCH3 is 1. The number of ether oxygens (including phenoxy) is 2. The van der Waals surface area contributed by atoms with Crippen LogP contribution in [0.15, 0.2) is 36.8 Å². The van der Waals surface area contributed by atoms with Crippen LogP contribution in [0.5, 0.6) is 5.75 Å². The van der Waals surface area contributed by atoms with Gasteiger partial charge in [-0.05, 0) is 45.4 Å². The molecule has 6 heteroatoms. The molecule has 1 N–H and O–H groups in total. The largest absolute Gasteiger partial charge is 0.497 e. The summed E-state index contributed by atoms with van der Waals surface area (Å²) < 4.78 is 12.6. The molecular formula is C19H27N3O3. The molecule has 1 amide bonds. The van der Waals surface area contributed by atoms with Gasteiger partial charge in [-0.15, -0.1) is 0 Å². The van der Waals surface area contributed by atoms with E-state index in [9.17, 15) is 4.79 Å². The lowest BCUT2D eigenvalue weighted by molar-refractivity contribution is 0.0528. The Morgan fingerprint density at radius 1 is 1.28 bits per heavy atom. The molecule has 0 spiro atoms. The summed E-state index contributed by atoms with van der Waals surface area (Å²) in [5.41, 5.74) is 1.73. The Hall–Kier alpha value is -2.50. The molecule has 1 unspecified atom stereocenters. The Bertz CT molecular complexity index is 687. The van der Waals surface area contributed by atoms with Crippen LogP contribution < -0.4 is 10.1 Å². The predicted octanol–water partition coefficient (Wildman–Crippen LogP) is 3.57. The second kappa shape index (κ2) is 8.05. The smallest absolute Gasteiger partial charge is 0.407 e. The number of hydrogen-bond donors (Lipinski definition) is 1. The first-order valence-electron chi connectivity index (χ1n) is 8.41. The Labute approximate surface area is 149 Å². The molecular weight excluding hydrogens is 318 g/mol. The molecule has 1 aromatic carbocycles. The summed E-state index contributed by atoms with van der Waals surface area (Å²) in [4.78, 5) is 16.0. The number of amides is 1. The minimum absolute atomic E-state index is 0.143. The third-order valence-corrected chi connectivity index (χ3v) is 3.81. The topological polar surface area (TPSA) is 65.4 Å². The molecule has 0 radical (unpaired) electrons. The number of alkyl carbamates (subject to hydrolysis) is 1. The van der Waals surface area contributed by atoms with Crippen LogP contribution in [0.25, 0.3) is 0 Å². The second-order valence-electron chi connectivity index (χ2n) is 6.92. The molecule has 6 nitrogen and oxygen atoms in total. The van der Waals surface area contributed by atoms with Gasteiger partial charge >= 0.3 is 6.09 Å².